The van der Waals surface area contributed by atoms with Crippen LogP contribution in [-0.2, 0) is 20.7 Å². The molecule has 1 aliphatic heterocycles. The highest BCUT2D eigenvalue weighted by Crippen LogP contribution is 2.36. The molecule has 0 aliphatic carbocycles. The van der Waals surface area contributed by atoms with E-state index in [2.05, 4.69) is 11.2 Å². The number of hydrogen-bond donors (Lipinski definition) is 5. The first kappa shape index (κ1) is 21.2. The van der Waals surface area contributed by atoms with E-state index in [0.717, 1.165) is 5.56 Å². The summed E-state index contributed by atoms with van der Waals surface area (Å²) in [5, 5.41) is 40.6. The number of phenols is 1. The first-order valence-electron chi connectivity index (χ1n) is 9.20. The summed E-state index contributed by atoms with van der Waals surface area (Å²) in [5.74, 6) is 0.461. The molecule has 8 heteroatoms. The fourth-order valence-electron chi connectivity index (χ4n) is 3.25. The van der Waals surface area contributed by atoms with Crippen LogP contribution in [0.5, 0.6) is 5.75 Å². The largest absolute Gasteiger partial charge is 0.508 e. The van der Waals surface area contributed by atoms with E-state index in [1.807, 2.05) is 0 Å². The third-order valence-corrected chi connectivity index (χ3v) is 4.94. The van der Waals surface area contributed by atoms with Crippen LogP contribution >= 0.6 is 0 Å². The Hall–Kier alpha value is -3.54. The van der Waals surface area contributed by atoms with Crippen LogP contribution in [-0.4, -0.2) is 44.5 Å². The van der Waals surface area contributed by atoms with Crippen molar-refractivity contribution in [1.82, 2.24) is 5.32 Å². The van der Waals surface area contributed by atoms with Crippen molar-refractivity contribution in [3.8, 4) is 17.8 Å². The predicted molar refractivity (Wildman–Crippen MR) is 105 cm³/mol. The lowest BCUT2D eigenvalue weighted by Gasteiger charge is -2.23. The van der Waals surface area contributed by atoms with Crippen molar-refractivity contribution in [2.45, 2.75) is 30.6 Å². The number of aliphatic hydroxyl groups excluding tert-OH is 1. The van der Waals surface area contributed by atoms with Gasteiger partial charge in [-0.05, 0) is 28.8 Å². The van der Waals surface area contributed by atoms with Crippen molar-refractivity contribution in [1.29, 1.82) is 0 Å². The van der Waals surface area contributed by atoms with Gasteiger partial charge in [-0.3, -0.25) is 4.79 Å². The van der Waals surface area contributed by atoms with E-state index in [1.54, 1.807) is 42.5 Å². The molecule has 0 radical (unpaired) electrons. The summed E-state index contributed by atoms with van der Waals surface area (Å²) in [6.45, 7) is -0.282. The summed E-state index contributed by atoms with van der Waals surface area (Å²) in [5.41, 5.74) is -0.0928. The van der Waals surface area contributed by atoms with Crippen LogP contribution in [0, 0.1) is 12.0 Å². The molecule has 1 amide bonds. The third-order valence-electron chi connectivity index (χ3n) is 4.94. The van der Waals surface area contributed by atoms with E-state index in [4.69, 9.17) is 9.84 Å². The number of carboxylic acids is 1. The van der Waals surface area contributed by atoms with Crippen LogP contribution in [0.15, 0.2) is 48.5 Å². The number of nitrogens with one attached hydrogen (secondary N) is 1. The Morgan fingerprint density at radius 2 is 1.83 bits per heavy atom. The number of aromatic hydroxyl groups is 1. The highest BCUT2D eigenvalue weighted by atomic mass is 16.5. The molecule has 3 atom stereocenters. The number of rotatable bonds is 6. The molecule has 2 aromatic carbocycles. The van der Waals surface area contributed by atoms with Gasteiger partial charge in [0, 0.05) is 12.8 Å². The maximum atomic E-state index is 12.7. The molecule has 1 aliphatic rings. The van der Waals surface area contributed by atoms with Gasteiger partial charge in [0.05, 0.1) is 12.7 Å². The number of amides is 1. The Kier molecular flexibility index (Phi) is 6.26. The summed E-state index contributed by atoms with van der Waals surface area (Å²) in [7, 11) is 0. The monoisotopic (exact) mass is 411 g/mol. The van der Waals surface area contributed by atoms with Crippen molar-refractivity contribution in [2.24, 2.45) is 0 Å². The molecule has 0 bridgehead atoms. The van der Waals surface area contributed by atoms with Crippen molar-refractivity contribution in [2.75, 3.05) is 6.61 Å². The molecule has 2 aromatic rings. The van der Waals surface area contributed by atoms with E-state index in [0.29, 0.717) is 17.5 Å². The summed E-state index contributed by atoms with van der Waals surface area (Å²) in [6.07, 6.45) is 1.49. The zero-order chi connectivity index (χ0) is 21.7. The summed E-state index contributed by atoms with van der Waals surface area (Å²) >= 11 is 0. The SMILES string of the molecule is O=C(O)[C@@H](NC(=O)[C@]1(O)COC(c2ccc(O)cc2)C1)c1ccc(CC#CO)cc1. The lowest BCUT2D eigenvalue weighted by Crippen LogP contribution is -2.49. The number of aliphatic hydroxyl groups is 2. The van der Waals surface area contributed by atoms with Crippen molar-refractivity contribution in [3.63, 3.8) is 0 Å². The number of carbonyl (C=O) groups is 2. The second-order valence-electron chi connectivity index (χ2n) is 7.08. The van der Waals surface area contributed by atoms with Crippen molar-refractivity contribution >= 4 is 11.9 Å². The average molecular weight is 411 g/mol. The molecule has 0 spiro atoms. The van der Waals surface area contributed by atoms with Crippen LogP contribution < -0.4 is 5.32 Å². The standard InChI is InChI=1S/C22H21NO7/c24-11-1-2-14-3-5-16(6-4-14)19(20(26)27)23-21(28)22(29)12-18(30-13-22)15-7-9-17(25)10-8-15/h3-10,18-19,24-25,29H,2,12-13H2,(H,23,28)(H,26,27)/t18?,19-,22+/m0/s1. The van der Waals surface area contributed by atoms with Gasteiger partial charge in [-0.1, -0.05) is 42.3 Å². The Morgan fingerprint density at radius 1 is 1.17 bits per heavy atom. The minimum Gasteiger partial charge on any atom is -0.508 e. The Labute approximate surface area is 172 Å². The van der Waals surface area contributed by atoms with Gasteiger partial charge in [-0.15, -0.1) is 0 Å². The van der Waals surface area contributed by atoms with E-state index in [9.17, 15) is 24.9 Å². The van der Waals surface area contributed by atoms with Gasteiger partial charge in [0.1, 0.15) is 11.9 Å². The number of carbonyl (C=O) groups excluding carboxylic acids is 1. The molecule has 1 saturated heterocycles. The van der Waals surface area contributed by atoms with Crippen LogP contribution in [0.25, 0.3) is 0 Å². The molecular weight excluding hydrogens is 390 g/mol. The van der Waals surface area contributed by atoms with Crippen LogP contribution in [0.1, 0.15) is 35.3 Å². The second-order valence-corrected chi connectivity index (χ2v) is 7.08. The maximum absolute atomic E-state index is 12.7. The Balaban J connectivity index is 1.70. The van der Waals surface area contributed by atoms with Gasteiger partial charge in [0.2, 0.25) is 0 Å². The minimum absolute atomic E-state index is 0.0469. The van der Waals surface area contributed by atoms with E-state index >= 15 is 0 Å². The maximum Gasteiger partial charge on any atom is 0.330 e. The average Bonchev–Trinajstić information content (AvgIpc) is 3.14. The quantitative estimate of drug-likeness (QED) is 0.453. The molecule has 30 heavy (non-hydrogen) atoms. The van der Waals surface area contributed by atoms with E-state index < -0.39 is 29.6 Å². The molecule has 5 N–H and O–H groups in total. The summed E-state index contributed by atoms with van der Waals surface area (Å²) in [4.78, 5) is 24.4. The number of benzene rings is 2. The number of ether oxygens (including phenoxy) is 1. The van der Waals surface area contributed by atoms with Gasteiger partial charge in [0.15, 0.2) is 11.6 Å². The third kappa shape index (κ3) is 4.71. The molecule has 0 aromatic heterocycles. The molecular formula is C22H21NO7. The summed E-state index contributed by atoms with van der Waals surface area (Å²) in [6, 6.07) is 11.3. The first-order chi connectivity index (χ1) is 14.3. The van der Waals surface area contributed by atoms with Crippen molar-refractivity contribution in [3.05, 3.63) is 65.2 Å². The van der Waals surface area contributed by atoms with Gasteiger partial charge in [-0.25, -0.2) is 4.79 Å². The molecule has 1 unspecified atom stereocenters. The summed E-state index contributed by atoms with van der Waals surface area (Å²) < 4.78 is 5.54. The first-order valence-corrected chi connectivity index (χ1v) is 9.20. The number of hydrogen-bond acceptors (Lipinski definition) is 6. The fourth-order valence-corrected chi connectivity index (χ4v) is 3.25. The number of phenolic OH excluding ortho intramolecular Hbond substituents is 1. The molecule has 0 saturated carbocycles. The zero-order valence-electron chi connectivity index (χ0n) is 15.9. The predicted octanol–water partition coefficient (Wildman–Crippen LogP) is 1.40. The van der Waals surface area contributed by atoms with Crippen molar-refractivity contribution < 1.29 is 34.8 Å². The van der Waals surface area contributed by atoms with Gasteiger partial charge >= 0.3 is 5.97 Å². The molecule has 1 fully saturated rings. The van der Waals surface area contributed by atoms with Gasteiger partial charge in [-0.2, -0.15) is 0 Å². The normalized spacial score (nSPS) is 21.3. The Morgan fingerprint density at radius 3 is 2.43 bits per heavy atom. The molecule has 1 heterocycles. The second kappa shape index (κ2) is 8.86. The molecule has 8 nitrogen and oxygen atoms in total. The zero-order valence-corrected chi connectivity index (χ0v) is 15.9. The van der Waals surface area contributed by atoms with E-state index in [-0.39, 0.29) is 18.8 Å². The topological polar surface area (TPSA) is 136 Å². The minimum atomic E-state index is -1.88. The lowest BCUT2D eigenvalue weighted by molar-refractivity contribution is -0.147. The van der Waals surface area contributed by atoms with Gasteiger partial charge < -0.3 is 30.5 Å². The highest BCUT2D eigenvalue weighted by molar-refractivity contribution is 5.90. The smallest absolute Gasteiger partial charge is 0.330 e. The lowest BCUT2D eigenvalue weighted by atomic mass is 9.94. The Bertz CT molecular complexity index is 975. The number of aliphatic carboxylic acids is 1. The fraction of sp³-hybridized carbons (Fsp3) is 0.273. The molecule has 156 valence electrons. The van der Waals surface area contributed by atoms with Crippen LogP contribution in [0.3, 0.4) is 0 Å². The highest BCUT2D eigenvalue weighted by Gasteiger charge is 2.46. The van der Waals surface area contributed by atoms with Gasteiger partial charge in [0.25, 0.3) is 5.91 Å². The van der Waals surface area contributed by atoms with Crippen LogP contribution in [0.2, 0.25) is 0 Å². The van der Waals surface area contributed by atoms with E-state index in [1.165, 1.54) is 12.1 Å². The van der Waals surface area contributed by atoms with Crippen LogP contribution in [0.4, 0.5) is 0 Å². The number of carboxylic acid groups (broad SMARTS) is 1. The molecule has 3 rings (SSSR count).